The van der Waals surface area contributed by atoms with Crippen molar-refractivity contribution in [1.82, 2.24) is 0 Å². The first-order valence-corrected chi connectivity index (χ1v) is 8.73. The summed E-state index contributed by atoms with van der Waals surface area (Å²) in [6.07, 6.45) is 8.74. The Morgan fingerprint density at radius 2 is 1.60 bits per heavy atom. The predicted molar refractivity (Wildman–Crippen MR) is 84.6 cm³/mol. The molecule has 0 aliphatic heterocycles. The average molecular weight is 296 g/mol. The Morgan fingerprint density at radius 3 is 2.10 bits per heavy atom. The van der Waals surface area contributed by atoms with E-state index in [-0.39, 0.29) is 19.4 Å². The molecule has 0 amide bonds. The number of allylic oxidation sites excluding steroid dienone is 2. The van der Waals surface area contributed by atoms with Crippen molar-refractivity contribution in [3.8, 4) is 23.7 Å². The van der Waals surface area contributed by atoms with Crippen molar-refractivity contribution >= 4 is 7.60 Å². The van der Waals surface area contributed by atoms with E-state index in [1.165, 1.54) is 12.8 Å². The molecule has 0 aromatic rings. The summed E-state index contributed by atoms with van der Waals surface area (Å²) in [6.45, 7) is 5.84. The zero-order valence-electron chi connectivity index (χ0n) is 12.8. The molecule has 0 saturated carbocycles. The summed E-state index contributed by atoms with van der Waals surface area (Å²) in [5, 5.41) is 0. The van der Waals surface area contributed by atoms with Crippen LogP contribution in [0, 0.1) is 23.7 Å². The highest BCUT2D eigenvalue weighted by atomic mass is 31.2. The molecular formula is C16H25O3P. The quantitative estimate of drug-likeness (QED) is 0.259. The largest absolute Gasteiger partial charge is 0.336 e. The van der Waals surface area contributed by atoms with Gasteiger partial charge in [-0.3, -0.25) is 13.6 Å². The molecule has 0 rings (SSSR count). The molecule has 0 radical (unpaired) electrons. The van der Waals surface area contributed by atoms with Gasteiger partial charge < -0.3 is 0 Å². The van der Waals surface area contributed by atoms with E-state index < -0.39 is 7.60 Å². The molecule has 3 nitrogen and oxygen atoms in total. The lowest BCUT2D eigenvalue weighted by molar-refractivity contribution is 0.245. The summed E-state index contributed by atoms with van der Waals surface area (Å²) in [5.41, 5.74) is 0. The first kappa shape index (κ1) is 19.0. The molecule has 0 atom stereocenters. The molecule has 0 aromatic carbocycles. The summed E-state index contributed by atoms with van der Waals surface area (Å²) < 4.78 is 23.0. The third-order valence-corrected chi connectivity index (χ3v) is 4.19. The van der Waals surface area contributed by atoms with Crippen LogP contribution in [-0.4, -0.2) is 19.4 Å². The highest BCUT2D eigenvalue weighted by molar-refractivity contribution is 7.54. The van der Waals surface area contributed by atoms with Crippen LogP contribution in [0.5, 0.6) is 0 Å². The maximum Gasteiger partial charge on any atom is 0.336 e. The van der Waals surface area contributed by atoms with E-state index >= 15 is 0 Å². The summed E-state index contributed by atoms with van der Waals surface area (Å²) in [7, 11) is -3.13. The highest BCUT2D eigenvalue weighted by Crippen LogP contribution is 2.47. The van der Waals surface area contributed by atoms with Crippen LogP contribution in [-0.2, 0) is 13.6 Å². The van der Waals surface area contributed by atoms with Crippen molar-refractivity contribution < 1.29 is 13.6 Å². The van der Waals surface area contributed by atoms with Crippen LogP contribution in [0.15, 0.2) is 12.2 Å². The molecule has 112 valence electrons. The lowest BCUT2D eigenvalue weighted by atomic mass is 10.2. The number of rotatable bonds is 10. The topological polar surface area (TPSA) is 35.5 Å². The van der Waals surface area contributed by atoms with Gasteiger partial charge in [-0.1, -0.05) is 43.8 Å². The molecule has 0 saturated heterocycles. The lowest BCUT2D eigenvalue weighted by Gasteiger charge is -2.14. The molecule has 0 unspecified atom stereocenters. The number of hydrogen-bond acceptors (Lipinski definition) is 3. The minimum Gasteiger partial charge on any atom is -0.295 e. The Hall–Kier alpha value is -0.990. The second-order valence-corrected chi connectivity index (χ2v) is 6.26. The molecule has 0 bridgehead atoms. The Kier molecular flexibility index (Phi) is 12.4. The smallest absolute Gasteiger partial charge is 0.295 e. The predicted octanol–water partition coefficient (Wildman–Crippen LogP) is 4.40. The van der Waals surface area contributed by atoms with E-state index in [0.29, 0.717) is 0 Å². The molecule has 0 aliphatic carbocycles. The van der Waals surface area contributed by atoms with Gasteiger partial charge in [-0.2, -0.15) is 0 Å². The first-order valence-electron chi connectivity index (χ1n) is 7.01. The van der Waals surface area contributed by atoms with E-state index in [0.717, 1.165) is 12.8 Å². The van der Waals surface area contributed by atoms with Gasteiger partial charge in [0.25, 0.3) is 0 Å². The molecule has 0 heterocycles. The molecular weight excluding hydrogens is 271 g/mol. The molecule has 4 heteroatoms. The van der Waals surface area contributed by atoms with Gasteiger partial charge in [-0.15, -0.1) is 11.8 Å². The monoisotopic (exact) mass is 296 g/mol. The normalized spacial score (nSPS) is 10.8. The van der Waals surface area contributed by atoms with Gasteiger partial charge in [-0.25, -0.2) is 0 Å². The van der Waals surface area contributed by atoms with E-state index in [1.54, 1.807) is 13.8 Å². The third-order valence-electron chi connectivity index (χ3n) is 2.49. The maximum atomic E-state index is 12.4. The van der Waals surface area contributed by atoms with Gasteiger partial charge in [0.1, 0.15) is 13.2 Å². The summed E-state index contributed by atoms with van der Waals surface area (Å²) in [5.74, 6) is 10.9. The van der Waals surface area contributed by atoms with E-state index in [4.69, 9.17) is 9.05 Å². The third kappa shape index (κ3) is 10.9. The molecule has 0 fully saturated rings. The van der Waals surface area contributed by atoms with Crippen LogP contribution in [0.3, 0.4) is 0 Å². The van der Waals surface area contributed by atoms with Gasteiger partial charge in [0.15, 0.2) is 0 Å². The van der Waals surface area contributed by atoms with Crippen molar-refractivity contribution in [2.45, 2.75) is 46.5 Å². The van der Waals surface area contributed by atoms with Crippen molar-refractivity contribution in [1.29, 1.82) is 0 Å². The van der Waals surface area contributed by atoms with Gasteiger partial charge in [0, 0.05) is 0 Å². The minimum atomic E-state index is -3.13. The molecule has 0 N–H and O–H groups in total. The fourth-order valence-corrected chi connectivity index (χ4v) is 2.60. The summed E-state index contributed by atoms with van der Waals surface area (Å²) in [4.78, 5) is 0. The molecule has 0 spiro atoms. The minimum absolute atomic E-state index is 0.122. The zero-order chi connectivity index (χ0) is 15.1. The maximum absolute atomic E-state index is 12.4. The van der Waals surface area contributed by atoms with E-state index in [2.05, 4.69) is 30.6 Å². The lowest BCUT2D eigenvalue weighted by Crippen LogP contribution is -2.00. The molecule has 0 aliphatic rings. The first-order chi connectivity index (χ1) is 9.68. The van der Waals surface area contributed by atoms with Crippen molar-refractivity contribution in [3.05, 3.63) is 12.2 Å². The Morgan fingerprint density at radius 1 is 1.00 bits per heavy atom. The zero-order valence-corrected chi connectivity index (χ0v) is 13.7. The van der Waals surface area contributed by atoms with Crippen molar-refractivity contribution in [3.63, 3.8) is 0 Å². The van der Waals surface area contributed by atoms with Crippen LogP contribution in [0.2, 0.25) is 0 Å². The van der Waals surface area contributed by atoms with E-state index in [9.17, 15) is 4.57 Å². The van der Waals surface area contributed by atoms with Gasteiger partial charge >= 0.3 is 7.60 Å². The summed E-state index contributed by atoms with van der Waals surface area (Å²) in [6, 6.07) is 0. The highest BCUT2D eigenvalue weighted by Gasteiger charge is 2.22. The van der Waals surface area contributed by atoms with Crippen LogP contribution < -0.4 is 0 Å². The SMILES string of the molecule is CC#CCOP(=O)(C/C=C/CCCCC)OCC#CC. The fourth-order valence-electron chi connectivity index (χ4n) is 1.38. The Bertz CT molecular complexity index is 404. The van der Waals surface area contributed by atoms with Crippen LogP contribution in [0.4, 0.5) is 0 Å². The average Bonchev–Trinajstić information content (AvgIpc) is 2.43. The van der Waals surface area contributed by atoms with Gasteiger partial charge in [0.05, 0.1) is 6.16 Å². The second-order valence-electron chi connectivity index (χ2n) is 4.16. The van der Waals surface area contributed by atoms with Crippen LogP contribution in [0.1, 0.15) is 46.5 Å². The number of hydrogen-bond donors (Lipinski definition) is 0. The van der Waals surface area contributed by atoms with Gasteiger partial charge in [-0.05, 0) is 26.7 Å². The standard InChI is InChI=1S/C16H25O3P/c1-4-7-10-11-12-13-16-20(17,18-14-8-5-2)19-15-9-6-3/h12-13H,4,7,10-11,14-16H2,1-3H3/b13-12+. The van der Waals surface area contributed by atoms with E-state index in [1.807, 2.05) is 12.2 Å². The second kappa shape index (κ2) is 13.0. The van der Waals surface area contributed by atoms with Gasteiger partial charge in [0.2, 0.25) is 0 Å². The molecule has 20 heavy (non-hydrogen) atoms. The fraction of sp³-hybridized carbons (Fsp3) is 0.625. The van der Waals surface area contributed by atoms with Crippen molar-refractivity contribution in [2.24, 2.45) is 0 Å². The van der Waals surface area contributed by atoms with Crippen molar-refractivity contribution in [2.75, 3.05) is 19.4 Å². The Labute approximate surface area is 123 Å². The summed E-state index contributed by atoms with van der Waals surface area (Å²) >= 11 is 0. The Balaban J connectivity index is 4.29. The van der Waals surface area contributed by atoms with Crippen LogP contribution >= 0.6 is 7.60 Å². The van der Waals surface area contributed by atoms with Crippen LogP contribution in [0.25, 0.3) is 0 Å². The number of unbranched alkanes of at least 4 members (excludes halogenated alkanes) is 3. The molecule has 0 aromatic heterocycles.